The Morgan fingerprint density at radius 3 is 2.74 bits per heavy atom. The van der Waals surface area contributed by atoms with Crippen LogP contribution in [0.1, 0.15) is 10.9 Å². The van der Waals surface area contributed by atoms with E-state index >= 15 is 0 Å². The summed E-state index contributed by atoms with van der Waals surface area (Å²) in [6, 6.07) is 10.5. The number of anilines is 1. The molecule has 1 aliphatic rings. The number of aromatic nitrogens is 4. The Balaban J connectivity index is 1.60. The summed E-state index contributed by atoms with van der Waals surface area (Å²) < 4.78 is 1.83. The Labute approximate surface area is 135 Å². The Morgan fingerprint density at radius 1 is 1.22 bits per heavy atom. The Kier molecular flexibility index (Phi) is 3.37. The van der Waals surface area contributed by atoms with Gasteiger partial charge in [0, 0.05) is 18.0 Å². The molecule has 8 nitrogen and oxygen atoms in total. The van der Waals surface area contributed by atoms with Crippen LogP contribution < -0.4 is 10.7 Å². The highest BCUT2D eigenvalue weighted by atomic mass is 32.2. The molecule has 2 N–H and O–H groups in total. The number of pyridine rings is 1. The van der Waals surface area contributed by atoms with E-state index in [9.17, 15) is 5.21 Å². The van der Waals surface area contributed by atoms with E-state index in [0.29, 0.717) is 5.82 Å². The van der Waals surface area contributed by atoms with E-state index in [0.717, 1.165) is 16.3 Å². The number of benzene rings is 1. The van der Waals surface area contributed by atoms with Crippen molar-refractivity contribution in [1.82, 2.24) is 19.9 Å². The molecule has 3 heterocycles. The minimum atomic E-state index is -0.158. The zero-order valence-corrected chi connectivity index (χ0v) is 12.5. The maximum Gasteiger partial charge on any atom is 0.212 e. The van der Waals surface area contributed by atoms with Crippen LogP contribution in [0.5, 0.6) is 0 Å². The van der Waals surface area contributed by atoms with Crippen molar-refractivity contribution in [2.75, 3.05) is 10.7 Å². The summed E-state index contributed by atoms with van der Waals surface area (Å²) in [7, 11) is 0. The average Bonchev–Trinajstić information content (AvgIpc) is 3.16. The van der Waals surface area contributed by atoms with E-state index in [4.69, 9.17) is 5.21 Å². The molecule has 1 atom stereocenters. The Hall–Kier alpha value is -2.62. The maximum absolute atomic E-state index is 10.8. The van der Waals surface area contributed by atoms with E-state index in [1.54, 1.807) is 36.7 Å². The molecule has 2 aromatic heterocycles. The van der Waals surface area contributed by atoms with Crippen molar-refractivity contribution in [3.63, 3.8) is 0 Å². The van der Waals surface area contributed by atoms with Crippen LogP contribution in [0.25, 0.3) is 11.4 Å². The highest BCUT2D eigenvalue weighted by Crippen LogP contribution is 2.40. The summed E-state index contributed by atoms with van der Waals surface area (Å²) in [6.07, 6.45) is 3.44. The fraction of sp³-hybridized carbons (Fsp3) is 0.0714. The second-order valence-corrected chi connectivity index (χ2v) is 5.95. The highest BCUT2D eigenvalue weighted by Gasteiger charge is 2.28. The van der Waals surface area contributed by atoms with Crippen LogP contribution in [-0.4, -0.2) is 25.1 Å². The van der Waals surface area contributed by atoms with Gasteiger partial charge in [-0.2, -0.15) is 0 Å². The summed E-state index contributed by atoms with van der Waals surface area (Å²) >= 11 is 1.52. The van der Waals surface area contributed by atoms with Crippen molar-refractivity contribution >= 4 is 17.4 Å². The van der Waals surface area contributed by atoms with E-state index in [1.807, 2.05) is 16.8 Å². The monoisotopic (exact) mass is 327 g/mol. The minimum absolute atomic E-state index is 0.0521. The first kappa shape index (κ1) is 14.0. The van der Waals surface area contributed by atoms with Crippen molar-refractivity contribution in [3.05, 3.63) is 59.6 Å². The normalized spacial score (nSPS) is 16.0. The summed E-state index contributed by atoms with van der Waals surface area (Å²) in [5, 5.41) is 28.6. The molecule has 0 bridgehead atoms. The van der Waals surface area contributed by atoms with E-state index in [2.05, 4.69) is 20.6 Å². The lowest BCUT2D eigenvalue weighted by atomic mass is 10.2. The minimum Gasteiger partial charge on any atom is -0.733 e. The van der Waals surface area contributed by atoms with Crippen molar-refractivity contribution in [2.45, 2.75) is 10.5 Å². The number of thioether (sulfide) groups is 1. The molecule has 1 aromatic carbocycles. The van der Waals surface area contributed by atoms with Gasteiger partial charge >= 0.3 is 0 Å². The van der Waals surface area contributed by atoms with E-state index < -0.39 is 0 Å². The zero-order valence-electron chi connectivity index (χ0n) is 11.7. The molecular weight excluding hydrogens is 316 g/mol. The van der Waals surface area contributed by atoms with Crippen LogP contribution in [0.4, 0.5) is 5.69 Å². The number of nitrogens with one attached hydrogen (secondary N) is 1. The molecule has 1 unspecified atom stereocenters. The van der Waals surface area contributed by atoms with Crippen molar-refractivity contribution < 1.29 is 5.21 Å². The third-order valence-corrected chi connectivity index (χ3v) is 4.53. The summed E-state index contributed by atoms with van der Waals surface area (Å²) in [5.74, 6) is 0.695. The molecule has 0 aliphatic carbocycles. The molecule has 1 aliphatic heterocycles. The lowest BCUT2D eigenvalue weighted by Gasteiger charge is -2.22. The number of hydrogen-bond acceptors (Lipinski definition) is 8. The third kappa shape index (κ3) is 2.50. The number of rotatable bonds is 3. The van der Waals surface area contributed by atoms with Gasteiger partial charge in [0.2, 0.25) is 5.16 Å². The van der Waals surface area contributed by atoms with Gasteiger partial charge in [0.1, 0.15) is 5.37 Å². The van der Waals surface area contributed by atoms with Gasteiger partial charge < -0.3 is 15.9 Å². The quantitative estimate of drug-likeness (QED) is 0.707. The van der Waals surface area contributed by atoms with E-state index in [-0.39, 0.29) is 16.3 Å². The molecule has 0 spiro atoms. The standard InChI is InChI=1S/C14H11N6O2S/c21-20(22)11-5-3-9(4-6-11)13-18-19-12(16-17-14(19)23-13)10-2-1-7-15-8-10/h1-8,13,18,21H/q-1. The molecule has 3 aromatic rings. The zero-order chi connectivity index (χ0) is 15.8. The Morgan fingerprint density at radius 2 is 2.04 bits per heavy atom. The number of fused-ring (bicyclic) bond motifs is 1. The number of hydrogen-bond donors (Lipinski definition) is 2. The molecule has 0 fully saturated rings. The van der Waals surface area contributed by atoms with Crippen molar-refractivity contribution in [3.8, 4) is 11.4 Å². The largest absolute Gasteiger partial charge is 0.733 e. The Bertz CT molecular complexity index is 821. The van der Waals surface area contributed by atoms with E-state index in [1.165, 1.54) is 11.8 Å². The smallest absolute Gasteiger partial charge is 0.212 e. The first-order valence-electron chi connectivity index (χ1n) is 6.77. The lowest BCUT2D eigenvalue weighted by molar-refractivity contribution is 0.296. The van der Waals surface area contributed by atoms with Gasteiger partial charge in [0.05, 0.1) is 5.69 Å². The van der Waals surface area contributed by atoms with Gasteiger partial charge in [-0.15, -0.1) is 10.2 Å². The topological polar surface area (TPSA) is 102 Å². The molecule has 0 amide bonds. The molecule has 23 heavy (non-hydrogen) atoms. The van der Waals surface area contributed by atoms with Crippen LogP contribution >= 0.6 is 11.8 Å². The second kappa shape index (κ2) is 5.54. The predicted octanol–water partition coefficient (Wildman–Crippen LogP) is 2.38. The first-order chi connectivity index (χ1) is 11.2. The van der Waals surface area contributed by atoms with Crippen molar-refractivity contribution in [1.29, 1.82) is 0 Å². The summed E-state index contributed by atoms with van der Waals surface area (Å²) in [6.45, 7) is 0. The lowest BCUT2D eigenvalue weighted by Crippen LogP contribution is -2.14. The van der Waals surface area contributed by atoms with Gasteiger partial charge in [-0.1, -0.05) is 23.9 Å². The van der Waals surface area contributed by atoms with Crippen LogP contribution in [0.15, 0.2) is 53.9 Å². The summed E-state index contributed by atoms with van der Waals surface area (Å²) in [5.41, 5.74) is 5.34. The second-order valence-electron chi connectivity index (χ2n) is 4.87. The van der Waals surface area contributed by atoms with Crippen LogP contribution in [0.2, 0.25) is 0 Å². The van der Waals surface area contributed by atoms with Gasteiger partial charge in [-0.05, 0) is 29.8 Å². The van der Waals surface area contributed by atoms with Gasteiger partial charge in [-0.25, -0.2) is 4.68 Å². The van der Waals surface area contributed by atoms with Crippen molar-refractivity contribution in [2.24, 2.45) is 0 Å². The molecule has 0 saturated carbocycles. The molecular formula is C14H11N6O2S-. The van der Waals surface area contributed by atoms with Gasteiger partial charge in [0.15, 0.2) is 5.82 Å². The maximum atomic E-state index is 10.8. The van der Waals surface area contributed by atoms with Gasteiger partial charge in [0.25, 0.3) is 0 Å². The molecule has 4 rings (SSSR count). The third-order valence-electron chi connectivity index (χ3n) is 3.44. The van der Waals surface area contributed by atoms with Crippen LogP contribution in [-0.2, 0) is 0 Å². The molecule has 116 valence electrons. The fourth-order valence-corrected chi connectivity index (χ4v) is 3.31. The van der Waals surface area contributed by atoms with Crippen LogP contribution in [0.3, 0.4) is 0 Å². The SMILES string of the molecule is [O-]N(O)c1ccc(C2Nn3c(nnc3-c3cccnc3)S2)cc1. The summed E-state index contributed by atoms with van der Waals surface area (Å²) in [4.78, 5) is 4.10. The fourth-order valence-electron chi connectivity index (χ4n) is 2.31. The predicted molar refractivity (Wildman–Crippen MR) is 85.3 cm³/mol. The molecule has 9 heteroatoms. The van der Waals surface area contributed by atoms with Gasteiger partial charge in [-0.3, -0.25) is 10.2 Å². The first-order valence-corrected chi connectivity index (χ1v) is 7.65. The van der Waals surface area contributed by atoms with Crippen LogP contribution in [0, 0.1) is 5.21 Å². The number of nitrogens with zero attached hydrogens (tertiary/aromatic N) is 5. The molecule has 0 saturated heterocycles. The highest BCUT2D eigenvalue weighted by molar-refractivity contribution is 7.99. The molecule has 0 radical (unpaired) electrons. The average molecular weight is 327 g/mol.